The van der Waals surface area contributed by atoms with E-state index in [1.165, 1.54) is 9.13 Å². The van der Waals surface area contributed by atoms with Crippen molar-refractivity contribution in [1.82, 2.24) is 4.90 Å². The molecule has 0 unspecified atom stereocenters. The quantitative estimate of drug-likeness (QED) is 0.814. The summed E-state index contributed by atoms with van der Waals surface area (Å²) in [5.41, 5.74) is 1.23. The first-order chi connectivity index (χ1) is 7.61. The van der Waals surface area contributed by atoms with Gasteiger partial charge in [-0.15, -0.1) is 0 Å². The Morgan fingerprint density at radius 1 is 1.38 bits per heavy atom. The summed E-state index contributed by atoms with van der Waals surface area (Å²) in [4.78, 5) is 12.6. The maximum atomic E-state index is 10.5. The molecule has 0 spiro atoms. The molecule has 1 N–H and O–H groups in total. The number of aliphatic carboxylic acids is 1. The van der Waals surface area contributed by atoms with E-state index < -0.39 is 5.97 Å². The molecule has 1 aromatic carbocycles. The third-order valence-corrected chi connectivity index (χ3v) is 3.13. The lowest BCUT2D eigenvalue weighted by Gasteiger charge is -2.19. The van der Waals surface area contributed by atoms with Crippen molar-refractivity contribution in [3.05, 3.63) is 33.4 Å². The average Bonchev–Trinajstić information content (AvgIpc) is 2.26. The summed E-state index contributed by atoms with van der Waals surface area (Å²) in [6.45, 7) is 4.35. The number of hydrogen-bond acceptors (Lipinski definition) is 2. The van der Waals surface area contributed by atoms with Crippen molar-refractivity contribution in [2.24, 2.45) is 0 Å². The van der Waals surface area contributed by atoms with Crippen LogP contribution < -0.4 is 0 Å². The number of rotatable bonds is 6. The summed E-state index contributed by atoms with van der Waals surface area (Å²) in [5.74, 6) is -0.735. The van der Waals surface area contributed by atoms with Crippen LogP contribution in [0.1, 0.15) is 18.9 Å². The maximum Gasteiger partial charge on any atom is 0.304 e. The van der Waals surface area contributed by atoms with Gasteiger partial charge in [-0.2, -0.15) is 0 Å². The maximum absolute atomic E-state index is 10.5. The van der Waals surface area contributed by atoms with Crippen LogP contribution in [-0.4, -0.2) is 29.1 Å². The first-order valence-electron chi connectivity index (χ1n) is 5.30. The molecule has 0 heterocycles. The lowest BCUT2D eigenvalue weighted by atomic mass is 10.2. The van der Waals surface area contributed by atoms with E-state index in [-0.39, 0.29) is 6.42 Å². The van der Waals surface area contributed by atoms with Gasteiger partial charge in [-0.3, -0.25) is 9.69 Å². The van der Waals surface area contributed by atoms with E-state index in [4.69, 9.17) is 5.11 Å². The molecule has 0 atom stereocenters. The molecule has 0 aliphatic heterocycles. The normalized spacial score (nSPS) is 10.7. The summed E-state index contributed by atoms with van der Waals surface area (Å²) in [6, 6.07) is 8.32. The fraction of sp³-hybridized carbons (Fsp3) is 0.417. The Kier molecular flexibility index (Phi) is 5.76. The molecule has 1 rings (SSSR count). The van der Waals surface area contributed by atoms with E-state index in [1.807, 2.05) is 0 Å². The Bertz CT molecular complexity index is 337. The molecule has 0 aliphatic rings. The third kappa shape index (κ3) is 4.94. The second kappa shape index (κ2) is 6.85. The number of halogens is 1. The zero-order chi connectivity index (χ0) is 12.0. The number of hydrogen-bond donors (Lipinski definition) is 1. The predicted octanol–water partition coefficient (Wildman–Crippen LogP) is 2.59. The van der Waals surface area contributed by atoms with Gasteiger partial charge >= 0.3 is 5.97 Å². The van der Waals surface area contributed by atoms with Gasteiger partial charge in [-0.25, -0.2) is 0 Å². The van der Waals surface area contributed by atoms with Gasteiger partial charge in [0.05, 0.1) is 6.42 Å². The largest absolute Gasteiger partial charge is 0.481 e. The molecule has 0 aromatic heterocycles. The Morgan fingerprint density at radius 3 is 2.50 bits per heavy atom. The van der Waals surface area contributed by atoms with Crippen molar-refractivity contribution in [3.63, 3.8) is 0 Å². The molecular weight excluding hydrogens is 317 g/mol. The Hall–Kier alpha value is -0.620. The minimum Gasteiger partial charge on any atom is -0.481 e. The van der Waals surface area contributed by atoms with Gasteiger partial charge in [0.15, 0.2) is 0 Å². The Morgan fingerprint density at radius 2 is 2.00 bits per heavy atom. The Labute approximate surface area is 110 Å². The number of carboxylic acid groups (broad SMARTS) is 1. The molecule has 3 nitrogen and oxygen atoms in total. The summed E-state index contributed by atoms with van der Waals surface area (Å²) in [5, 5.41) is 8.63. The van der Waals surface area contributed by atoms with Crippen LogP contribution in [0.4, 0.5) is 0 Å². The average molecular weight is 333 g/mol. The van der Waals surface area contributed by atoms with Gasteiger partial charge in [0.1, 0.15) is 0 Å². The molecule has 16 heavy (non-hydrogen) atoms. The van der Waals surface area contributed by atoms with Gasteiger partial charge in [0.2, 0.25) is 0 Å². The van der Waals surface area contributed by atoms with E-state index in [2.05, 4.69) is 58.7 Å². The summed E-state index contributed by atoms with van der Waals surface area (Å²) < 4.78 is 1.22. The topological polar surface area (TPSA) is 40.5 Å². The first kappa shape index (κ1) is 13.4. The van der Waals surface area contributed by atoms with Crippen molar-refractivity contribution in [3.8, 4) is 0 Å². The van der Waals surface area contributed by atoms with Crippen molar-refractivity contribution >= 4 is 28.6 Å². The van der Waals surface area contributed by atoms with Crippen LogP contribution in [0.5, 0.6) is 0 Å². The lowest BCUT2D eigenvalue weighted by Crippen LogP contribution is -2.25. The minimum atomic E-state index is -0.735. The van der Waals surface area contributed by atoms with Crippen LogP contribution in [0.15, 0.2) is 24.3 Å². The van der Waals surface area contributed by atoms with Crippen LogP contribution in [0, 0.1) is 3.57 Å². The monoisotopic (exact) mass is 333 g/mol. The van der Waals surface area contributed by atoms with Crippen molar-refractivity contribution in [1.29, 1.82) is 0 Å². The SMILES string of the molecule is CCN(CCC(=O)O)Cc1ccc(I)cc1. The highest BCUT2D eigenvalue weighted by molar-refractivity contribution is 14.1. The van der Waals surface area contributed by atoms with Crippen LogP contribution in [0.3, 0.4) is 0 Å². The first-order valence-corrected chi connectivity index (χ1v) is 6.38. The minimum absolute atomic E-state index is 0.207. The summed E-state index contributed by atoms with van der Waals surface area (Å²) in [7, 11) is 0. The zero-order valence-corrected chi connectivity index (χ0v) is 11.5. The van der Waals surface area contributed by atoms with Gasteiger partial charge in [0, 0.05) is 16.7 Å². The van der Waals surface area contributed by atoms with Crippen LogP contribution in [-0.2, 0) is 11.3 Å². The second-order valence-corrected chi connectivity index (χ2v) is 4.88. The highest BCUT2D eigenvalue weighted by Crippen LogP contribution is 2.09. The molecule has 88 valence electrons. The van der Waals surface area contributed by atoms with E-state index in [0.29, 0.717) is 6.54 Å². The van der Waals surface area contributed by atoms with Gasteiger partial charge in [-0.05, 0) is 46.8 Å². The molecule has 4 heteroatoms. The highest BCUT2D eigenvalue weighted by Gasteiger charge is 2.06. The van der Waals surface area contributed by atoms with Crippen molar-refractivity contribution in [2.45, 2.75) is 19.9 Å². The van der Waals surface area contributed by atoms with Crippen molar-refractivity contribution < 1.29 is 9.90 Å². The molecule has 1 aromatic rings. The third-order valence-electron chi connectivity index (χ3n) is 2.41. The fourth-order valence-corrected chi connectivity index (χ4v) is 1.81. The molecule has 0 aliphatic carbocycles. The Balaban J connectivity index is 2.49. The van der Waals surface area contributed by atoms with Crippen molar-refractivity contribution in [2.75, 3.05) is 13.1 Å². The summed E-state index contributed by atoms with van der Waals surface area (Å²) in [6.07, 6.45) is 0.207. The number of carboxylic acids is 1. The van der Waals surface area contributed by atoms with Crippen LogP contribution in [0.25, 0.3) is 0 Å². The van der Waals surface area contributed by atoms with E-state index in [0.717, 1.165) is 13.1 Å². The zero-order valence-electron chi connectivity index (χ0n) is 9.32. The van der Waals surface area contributed by atoms with E-state index in [1.54, 1.807) is 0 Å². The summed E-state index contributed by atoms with van der Waals surface area (Å²) >= 11 is 2.27. The van der Waals surface area contributed by atoms with Gasteiger partial charge in [0.25, 0.3) is 0 Å². The number of nitrogens with zero attached hydrogens (tertiary/aromatic N) is 1. The molecule has 0 bridgehead atoms. The predicted molar refractivity (Wildman–Crippen MR) is 72.4 cm³/mol. The standard InChI is InChI=1S/C12H16INO2/c1-2-14(8-7-12(15)16)9-10-3-5-11(13)6-4-10/h3-6H,2,7-9H2,1H3,(H,15,16). The number of carbonyl (C=O) groups is 1. The highest BCUT2D eigenvalue weighted by atomic mass is 127. The van der Waals surface area contributed by atoms with Gasteiger partial charge in [-0.1, -0.05) is 19.1 Å². The molecule has 0 amide bonds. The smallest absolute Gasteiger partial charge is 0.304 e. The van der Waals surface area contributed by atoms with Gasteiger partial charge < -0.3 is 5.11 Å². The molecular formula is C12H16INO2. The lowest BCUT2D eigenvalue weighted by molar-refractivity contribution is -0.137. The molecule has 0 saturated carbocycles. The fourth-order valence-electron chi connectivity index (χ4n) is 1.45. The van der Waals surface area contributed by atoms with E-state index in [9.17, 15) is 4.79 Å². The van der Waals surface area contributed by atoms with Crippen LogP contribution in [0.2, 0.25) is 0 Å². The van der Waals surface area contributed by atoms with Crippen LogP contribution >= 0.6 is 22.6 Å². The number of benzene rings is 1. The second-order valence-electron chi connectivity index (χ2n) is 3.64. The molecule has 0 saturated heterocycles. The molecule has 0 fully saturated rings. The molecule has 0 radical (unpaired) electrons. The van der Waals surface area contributed by atoms with E-state index >= 15 is 0 Å².